The number of thiophene rings is 2. The van der Waals surface area contributed by atoms with Crippen LogP contribution in [0.5, 0.6) is 0 Å². The second-order valence-electron chi connectivity index (χ2n) is 19.3. The minimum atomic E-state index is 0.794. The Labute approximate surface area is 439 Å². The maximum atomic E-state index is 7.26. The number of hydrogen-bond donors (Lipinski definition) is 0. The summed E-state index contributed by atoms with van der Waals surface area (Å²) in [5.41, 5.74) is 11.7. The first-order chi connectivity index (χ1) is 37.0. The van der Waals surface area contributed by atoms with Crippen LogP contribution in [0.25, 0.3) is 119 Å². The molecule has 15 rings (SSSR count). The molecule has 0 aliphatic heterocycles. The number of nitrogens with zero attached hydrogens (tertiary/aromatic N) is 2. The fourth-order valence-corrected chi connectivity index (χ4v) is 13.5. The normalized spacial score (nSPS) is 12.5. The Hall–Kier alpha value is -9.20. The molecule has 6 heteroatoms. The van der Waals surface area contributed by atoms with Crippen molar-refractivity contribution < 1.29 is 8.83 Å². The lowest BCUT2D eigenvalue weighted by molar-refractivity contribution is 0.668. The summed E-state index contributed by atoms with van der Waals surface area (Å²) in [6, 6.07) is 80.6. The Morgan fingerprint density at radius 2 is 1.04 bits per heavy atom. The van der Waals surface area contributed by atoms with Crippen molar-refractivity contribution in [3.8, 4) is 11.1 Å². The maximum Gasteiger partial charge on any atom is 0.159 e. The van der Waals surface area contributed by atoms with Crippen molar-refractivity contribution in [3.63, 3.8) is 0 Å². The van der Waals surface area contributed by atoms with Gasteiger partial charge in [0.05, 0.1) is 5.69 Å². The van der Waals surface area contributed by atoms with Gasteiger partial charge in [-0.2, -0.15) is 0 Å². The van der Waals surface area contributed by atoms with Gasteiger partial charge in [0.25, 0.3) is 0 Å². The maximum absolute atomic E-state index is 7.26. The fourth-order valence-electron chi connectivity index (χ4n) is 11.4. The largest absolute Gasteiger partial charge is 0.455 e. The molecule has 354 valence electrons. The summed E-state index contributed by atoms with van der Waals surface area (Å²) >= 11 is 3.60. The van der Waals surface area contributed by atoms with Gasteiger partial charge in [0.1, 0.15) is 16.7 Å². The van der Waals surface area contributed by atoms with Crippen LogP contribution in [0.2, 0.25) is 0 Å². The molecule has 0 aliphatic rings. The molecule has 0 amide bonds. The van der Waals surface area contributed by atoms with Gasteiger partial charge in [-0.25, -0.2) is 0 Å². The van der Waals surface area contributed by atoms with Crippen molar-refractivity contribution in [3.05, 3.63) is 246 Å². The molecular weight excluding hydrogens is 953 g/mol. The van der Waals surface area contributed by atoms with Crippen LogP contribution in [-0.2, 0) is 0 Å². The average molecular weight is 997 g/mol. The lowest BCUT2D eigenvalue weighted by atomic mass is 9.94. The summed E-state index contributed by atoms with van der Waals surface area (Å²) in [5.74, 6) is 0. The zero-order valence-corrected chi connectivity index (χ0v) is 42.4. The first-order valence-electron chi connectivity index (χ1n) is 25.2. The van der Waals surface area contributed by atoms with E-state index in [1.807, 2.05) is 11.3 Å². The number of rotatable bonds is 8. The number of furan rings is 2. The summed E-state index contributed by atoms with van der Waals surface area (Å²) in [5, 5.41) is 13.4. The average Bonchev–Trinajstić information content (AvgIpc) is 4.23. The van der Waals surface area contributed by atoms with Crippen molar-refractivity contribution in [1.29, 1.82) is 0 Å². The molecule has 0 saturated heterocycles. The second kappa shape index (κ2) is 17.2. The molecular formula is C69H44N2O2S2. The van der Waals surface area contributed by atoms with E-state index in [2.05, 4.69) is 260 Å². The van der Waals surface area contributed by atoms with Crippen LogP contribution in [0.1, 0.15) is 6.92 Å². The lowest BCUT2D eigenvalue weighted by Crippen LogP contribution is -2.18. The Bertz CT molecular complexity index is 4910. The number of benzene rings is 11. The minimum absolute atomic E-state index is 0.794. The summed E-state index contributed by atoms with van der Waals surface area (Å²) in [6.45, 7) is 6.76. The molecule has 0 spiro atoms. The number of fused-ring (bicyclic) bond motifs is 14. The number of hydrogen-bond acceptors (Lipinski definition) is 6. The summed E-state index contributed by atoms with van der Waals surface area (Å²) in [6.07, 6.45) is 4.47. The third-order valence-corrected chi connectivity index (χ3v) is 17.3. The zero-order valence-electron chi connectivity index (χ0n) is 40.8. The number of allylic oxidation sites excluding steroid dienone is 2. The highest BCUT2D eigenvalue weighted by Crippen LogP contribution is 2.49. The quantitative estimate of drug-likeness (QED) is 0.152. The van der Waals surface area contributed by atoms with Crippen LogP contribution in [0, 0.1) is 0 Å². The van der Waals surface area contributed by atoms with Gasteiger partial charge >= 0.3 is 0 Å². The van der Waals surface area contributed by atoms with Gasteiger partial charge < -0.3 is 18.6 Å². The van der Waals surface area contributed by atoms with Crippen molar-refractivity contribution in [1.82, 2.24) is 0 Å². The van der Waals surface area contributed by atoms with Crippen LogP contribution in [-0.4, -0.2) is 0 Å². The van der Waals surface area contributed by atoms with E-state index in [0.29, 0.717) is 0 Å². The van der Waals surface area contributed by atoms with Gasteiger partial charge in [0, 0.05) is 90.2 Å². The molecule has 15 aromatic rings. The molecule has 0 fully saturated rings. The van der Waals surface area contributed by atoms with Crippen molar-refractivity contribution >= 4 is 159 Å². The van der Waals surface area contributed by atoms with Gasteiger partial charge in [0.15, 0.2) is 5.58 Å². The van der Waals surface area contributed by atoms with Crippen molar-refractivity contribution in [2.75, 3.05) is 9.80 Å². The SMILES string of the molecule is C=c1/c(=C\C=C(/C)N(c2ccc3sc4ccccc4c3c2)c2cc(N(c3ccccc3)c3ccccc3)cc3c2oc2ccc(-c4cc5c6ccc7ccccc7c6oc5c5ccccc45)cc23)sc2ccccc12. The summed E-state index contributed by atoms with van der Waals surface area (Å²) in [7, 11) is 0. The first-order valence-corrected chi connectivity index (χ1v) is 26.9. The molecule has 0 atom stereocenters. The second-order valence-corrected chi connectivity index (χ2v) is 21.5. The highest BCUT2D eigenvalue weighted by Gasteiger charge is 2.25. The molecule has 0 saturated carbocycles. The van der Waals surface area contributed by atoms with Crippen LogP contribution in [0.15, 0.2) is 245 Å². The van der Waals surface area contributed by atoms with E-state index in [1.165, 1.54) is 30.3 Å². The highest BCUT2D eigenvalue weighted by atomic mass is 32.1. The smallest absolute Gasteiger partial charge is 0.159 e. The van der Waals surface area contributed by atoms with E-state index >= 15 is 0 Å². The molecule has 0 N–H and O–H groups in total. The molecule has 0 aliphatic carbocycles. The molecule has 0 unspecified atom stereocenters. The molecule has 0 bridgehead atoms. The van der Waals surface area contributed by atoms with Crippen LogP contribution in [0.4, 0.5) is 28.4 Å². The van der Waals surface area contributed by atoms with E-state index in [4.69, 9.17) is 8.83 Å². The number of para-hydroxylation sites is 2. The Kier molecular flexibility index (Phi) is 9.96. The van der Waals surface area contributed by atoms with E-state index in [9.17, 15) is 0 Å². The van der Waals surface area contributed by atoms with Gasteiger partial charge in [-0.05, 0) is 143 Å². The van der Waals surface area contributed by atoms with Gasteiger partial charge in [-0.1, -0.05) is 140 Å². The predicted octanol–water partition coefficient (Wildman–Crippen LogP) is 19.4. The van der Waals surface area contributed by atoms with E-state index < -0.39 is 0 Å². The standard InChI is InChI=1S/C69H44N2O2S2/c1-42(29-35-63-43(2)50-22-13-15-27-64(50)74-63)70(48-32-36-66-58(38-48)53-25-14-16-28-65(53)75-66)61-40-49(71(46-18-5-3-6-19-46)47-20-7-4-8-21-47)39-59-57-37-45(31-34-62(57)72-69(59)61)56-41-60-55-33-30-44-17-9-10-23-51(44)67(55)73-68(60)54-26-12-11-24-52(54)56/h3-41H,2H2,1H3/b42-29+,63-35+. The summed E-state index contributed by atoms with van der Waals surface area (Å²) < 4.78 is 19.0. The van der Waals surface area contributed by atoms with Gasteiger partial charge in [0.2, 0.25) is 0 Å². The fraction of sp³-hybridized carbons (Fsp3) is 0.0145. The number of anilines is 5. The lowest BCUT2D eigenvalue weighted by Gasteiger charge is -2.30. The van der Waals surface area contributed by atoms with E-state index in [-0.39, 0.29) is 0 Å². The van der Waals surface area contributed by atoms with E-state index in [0.717, 1.165) is 120 Å². The minimum Gasteiger partial charge on any atom is -0.455 e. The predicted molar refractivity (Wildman–Crippen MR) is 322 cm³/mol. The topological polar surface area (TPSA) is 32.8 Å². The molecule has 4 heterocycles. The monoisotopic (exact) mass is 996 g/mol. The summed E-state index contributed by atoms with van der Waals surface area (Å²) in [4.78, 5) is 4.74. The van der Waals surface area contributed by atoms with E-state index in [1.54, 1.807) is 11.3 Å². The third kappa shape index (κ3) is 7.02. The van der Waals surface area contributed by atoms with Crippen LogP contribution < -0.4 is 19.6 Å². The van der Waals surface area contributed by atoms with Crippen LogP contribution in [0.3, 0.4) is 0 Å². The third-order valence-electron chi connectivity index (χ3n) is 14.9. The molecule has 11 aromatic carbocycles. The van der Waals surface area contributed by atoms with Crippen molar-refractivity contribution in [2.45, 2.75) is 6.92 Å². The molecule has 4 nitrogen and oxygen atoms in total. The Morgan fingerprint density at radius 3 is 1.81 bits per heavy atom. The molecule has 4 aromatic heterocycles. The van der Waals surface area contributed by atoms with Crippen molar-refractivity contribution in [2.24, 2.45) is 0 Å². The first kappa shape index (κ1) is 43.4. The molecule has 0 radical (unpaired) electrons. The molecule has 75 heavy (non-hydrogen) atoms. The Morgan fingerprint density at radius 1 is 0.427 bits per heavy atom. The van der Waals surface area contributed by atoms with Gasteiger partial charge in [-0.15, -0.1) is 22.7 Å². The van der Waals surface area contributed by atoms with Gasteiger partial charge in [-0.3, -0.25) is 0 Å². The van der Waals surface area contributed by atoms with Crippen LogP contribution >= 0.6 is 22.7 Å². The highest BCUT2D eigenvalue weighted by molar-refractivity contribution is 7.25. The zero-order chi connectivity index (χ0) is 49.7. The Balaban J connectivity index is 1.01.